The van der Waals surface area contributed by atoms with Crippen LogP contribution in [-0.2, 0) is 15.9 Å². The van der Waals surface area contributed by atoms with E-state index in [2.05, 4.69) is 4.74 Å². The Hall–Kier alpha value is -3.92. The molecule has 0 saturated carbocycles. The van der Waals surface area contributed by atoms with Crippen molar-refractivity contribution in [3.8, 4) is 28.7 Å². The third kappa shape index (κ3) is 3.28. The van der Waals surface area contributed by atoms with Crippen LogP contribution in [0.3, 0.4) is 0 Å². The molecule has 10 heteroatoms. The van der Waals surface area contributed by atoms with Crippen molar-refractivity contribution >= 4 is 16.7 Å². The van der Waals surface area contributed by atoms with Gasteiger partial charge in [0.25, 0.3) is 5.79 Å². The number of rotatable bonds is 5. The number of ether oxygens (including phenoxy) is 7. The minimum atomic E-state index is -1.26. The van der Waals surface area contributed by atoms with Crippen molar-refractivity contribution in [2.24, 2.45) is 0 Å². The number of methoxy groups -OCH3 is 5. The van der Waals surface area contributed by atoms with Gasteiger partial charge in [-0.2, -0.15) is 0 Å². The zero-order chi connectivity index (χ0) is 24.9. The maximum absolute atomic E-state index is 12.9. The first-order valence-electron chi connectivity index (χ1n) is 10.8. The number of hydrogen-bond donors (Lipinski definition) is 0. The second-order valence-electron chi connectivity index (χ2n) is 8.10. The van der Waals surface area contributed by atoms with Gasteiger partial charge in [-0.3, -0.25) is 0 Å². The van der Waals surface area contributed by atoms with Crippen molar-refractivity contribution in [2.75, 3.05) is 35.5 Å². The topological polar surface area (TPSA) is 112 Å². The summed E-state index contributed by atoms with van der Waals surface area (Å²) in [6.07, 6.45) is 0.266. The van der Waals surface area contributed by atoms with Crippen LogP contribution in [0.1, 0.15) is 34.2 Å². The molecule has 184 valence electrons. The third-order valence-corrected chi connectivity index (χ3v) is 6.38. The number of benzene rings is 2. The standard InChI is InChI=1S/C25H24O10/c1-28-14-6-7-15(29-2)20-18(14)22(31-4)25(35-20)9-8-12-10-13-11-16(23(26)32-5)33-24(27)17(13)21(30-3)19(12)34-25/h6-7,10-11,22H,8-9H2,1-5H3/t22-,25-/m1/s1. The second-order valence-corrected chi connectivity index (χ2v) is 8.10. The van der Waals surface area contributed by atoms with Crippen LogP contribution in [0.4, 0.5) is 0 Å². The van der Waals surface area contributed by atoms with Crippen molar-refractivity contribution in [1.82, 2.24) is 0 Å². The molecule has 2 aliphatic heterocycles. The van der Waals surface area contributed by atoms with Gasteiger partial charge >= 0.3 is 11.6 Å². The highest BCUT2D eigenvalue weighted by molar-refractivity contribution is 5.96. The van der Waals surface area contributed by atoms with E-state index in [1.807, 2.05) is 0 Å². The monoisotopic (exact) mass is 484 g/mol. The summed E-state index contributed by atoms with van der Waals surface area (Å²) in [4.78, 5) is 24.8. The lowest BCUT2D eigenvalue weighted by molar-refractivity contribution is -0.189. The predicted molar refractivity (Wildman–Crippen MR) is 122 cm³/mol. The Balaban J connectivity index is 1.67. The number of hydrogen-bond acceptors (Lipinski definition) is 10. The summed E-state index contributed by atoms with van der Waals surface area (Å²) in [7, 11) is 7.31. The number of carbonyl (C=O) groups is 1. The summed E-state index contributed by atoms with van der Waals surface area (Å²) < 4.78 is 45.3. The molecule has 1 aromatic heterocycles. The van der Waals surface area contributed by atoms with Crippen molar-refractivity contribution < 1.29 is 42.4 Å². The highest BCUT2D eigenvalue weighted by Gasteiger charge is 2.56. The number of fused-ring (bicyclic) bond motifs is 3. The van der Waals surface area contributed by atoms with Crippen molar-refractivity contribution in [1.29, 1.82) is 0 Å². The summed E-state index contributed by atoms with van der Waals surface area (Å²) in [5.41, 5.74) is 0.683. The van der Waals surface area contributed by atoms with Gasteiger partial charge in [0.15, 0.2) is 29.1 Å². The maximum atomic E-state index is 12.9. The van der Waals surface area contributed by atoms with E-state index >= 15 is 0 Å². The largest absolute Gasteiger partial charge is 0.496 e. The third-order valence-electron chi connectivity index (χ3n) is 6.38. The maximum Gasteiger partial charge on any atom is 0.374 e. The summed E-state index contributed by atoms with van der Waals surface area (Å²) in [6, 6.07) is 6.75. The molecule has 3 aromatic rings. The van der Waals surface area contributed by atoms with E-state index in [-0.39, 0.29) is 16.9 Å². The molecule has 0 unspecified atom stereocenters. The molecule has 35 heavy (non-hydrogen) atoms. The lowest BCUT2D eigenvalue weighted by Gasteiger charge is -2.38. The van der Waals surface area contributed by atoms with Crippen molar-refractivity contribution in [3.63, 3.8) is 0 Å². The fourth-order valence-electron chi connectivity index (χ4n) is 4.84. The van der Waals surface area contributed by atoms with Gasteiger partial charge in [0.2, 0.25) is 5.76 Å². The van der Waals surface area contributed by atoms with E-state index in [9.17, 15) is 9.59 Å². The molecule has 10 nitrogen and oxygen atoms in total. The van der Waals surface area contributed by atoms with Crippen LogP contribution < -0.4 is 29.3 Å². The molecule has 5 rings (SSSR count). The Morgan fingerprint density at radius 1 is 0.971 bits per heavy atom. The lowest BCUT2D eigenvalue weighted by Crippen LogP contribution is -2.47. The van der Waals surface area contributed by atoms with E-state index in [0.717, 1.165) is 5.56 Å². The number of esters is 1. The van der Waals surface area contributed by atoms with Crippen LogP contribution in [0.15, 0.2) is 33.5 Å². The second kappa shape index (κ2) is 8.38. The summed E-state index contributed by atoms with van der Waals surface area (Å²) >= 11 is 0. The van der Waals surface area contributed by atoms with Gasteiger partial charge in [-0.1, -0.05) is 0 Å². The zero-order valence-electron chi connectivity index (χ0n) is 19.9. The van der Waals surface area contributed by atoms with Crippen LogP contribution in [0.25, 0.3) is 10.8 Å². The van der Waals surface area contributed by atoms with Gasteiger partial charge in [-0.25, -0.2) is 9.59 Å². The molecule has 0 bridgehead atoms. The average Bonchev–Trinajstić information content (AvgIpc) is 3.19. The average molecular weight is 484 g/mol. The summed E-state index contributed by atoms with van der Waals surface area (Å²) in [6.45, 7) is 0. The Morgan fingerprint density at radius 2 is 1.69 bits per heavy atom. The molecule has 3 heterocycles. The van der Waals surface area contributed by atoms with Crippen LogP contribution in [-0.4, -0.2) is 47.3 Å². The van der Waals surface area contributed by atoms with E-state index in [4.69, 9.17) is 32.8 Å². The van der Waals surface area contributed by atoms with Crippen LogP contribution in [0, 0.1) is 0 Å². The number of aryl methyl sites for hydroxylation is 1. The van der Waals surface area contributed by atoms with Crippen molar-refractivity contribution in [2.45, 2.75) is 24.7 Å². The molecular formula is C25H24O10. The molecule has 0 saturated heterocycles. The fourth-order valence-corrected chi connectivity index (χ4v) is 4.84. The minimum absolute atomic E-state index is 0.135. The van der Waals surface area contributed by atoms with Crippen LogP contribution in [0.2, 0.25) is 0 Å². The first kappa shape index (κ1) is 22.9. The molecule has 0 amide bonds. The molecule has 0 N–H and O–H groups in total. The molecule has 0 aliphatic carbocycles. The smallest absolute Gasteiger partial charge is 0.374 e. The van der Waals surface area contributed by atoms with Gasteiger partial charge < -0.3 is 37.6 Å². The Morgan fingerprint density at radius 3 is 2.34 bits per heavy atom. The SMILES string of the molecule is COC(=O)c1cc2cc3c(c(OC)c2c(=O)o1)O[C@]1(CC3)Oc2c(OC)ccc(OC)c2[C@H]1OC. The molecular weight excluding hydrogens is 460 g/mol. The highest BCUT2D eigenvalue weighted by Crippen LogP contribution is 2.58. The first-order valence-corrected chi connectivity index (χ1v) is 10.8. The normalized spacial score (nSPS) is 20.0. The Kier molecular flexibility index (Phi) is 5.47. The van der Waals surface area contributed by atoms with E-state index in [0.29, 0.717) is 46.8 Å². The number of carbonyl (C=O) groups excluding carboxylic acids is 1. The highest BCUT2D eigenvalue weighted by atomic mass is 16.7. The summed E-state index contributed by atoms with van der Waals surface area (Å²) in [5.74, 6) is -0.168. The molecule has 0 radical (unpaired) electrons. The Bertz CT molecular complexity index is 1390. The summed E-state index contributed by atoms with van der Waals surface area (Å²) in [5, 5.41) is 0.606. The van der Waals surface area contributed by atoms with Crippen LogP contribution in [0.5, 0.6) is 28.7 Å². The Labute approximate surface area is 200 Å². The fraction of sp³-hybridized carbons (Fsp3) is 0.360. The molecule has 0 fully saturated rings. The first-order chi connectivity index (χ1) is 16.9. The van der Waals surface area contributed by atoms with Gasteiger partial charge in [0.1, 0.15) is 11.1 Å². The molecule has 2 aliphatic rings. The minimum Gasteiger partial charge on any atom is -0.496 e. The lowest BCUT2D eigenvalue weighted by atomic mass is 9.92. The van der Waals surface area contributed by atoms with Crippen LogP contribution >= 0.6 is 0 Å². The van der Waals surface area contributed by atoms with Gasteiger partial charge in [0, 0.05) is 13.5 Å². The quantitative estimate of drug-likeness (QED) is 0.500. The van der Waals surface area contributed by atoms with E-state index in [1.54, 1.807) is 39.5 Å². The van der Waals surface area contributed by atoms with Gasteiger partial charge in [0.05, 0.1) is 34.0 Å². The molecule has 2 aromatic carbocycles. The van der Waals surface area contributed by atoms with Gasteiger partial charge in [-0.05, 0) is 41.6 Å². The molecule has 1 spiro atoms. The van der Waals surface area contributed by atoms with Gasteiger partial charge in [-0.15, -0.1) is 0 Å². The zero-order valence-corrected chi connectivity index (χ0v) is 19.9. The van der Waals surface area contributed by atoms with E-state index in [1.165, 1.54) is 20.3 Å². The van der Waals surface area contributed by atoms with Crippen molar-refractivity contribution in [3.05, 3.63) is 51.6 Å². The predicted octanol–water partition coefficient (Wildman–Crippen LogP) is 3.41. The molecule has 2 atom stereocenters. The van der Waals surface area contributed by atoms with E-state index < -0.39 is 23.5 Å².